The summed E-state index contributed by atoms with van der Waals surface area (Å²) in [5.74, 6) is 0.792. The summed E-state index contributed by atoms with van der Waals surface area (Å²) in [6, 6.07) is 17.6. The quantitative estimate of drug-likeness (QED) is 0.598. The Balaban J connectivity index is 1.66. The lowest BCUT2D eigenvalue weighted by Gasteiger charge is -2.21. The summed E-state index contributed by atoms with van der Waals surface area (Å²) < 4.78 is 5.47. The maximum absolute atomic E-state index is 12.7. The fourth-order valence-electron chi connectivity index (χ4n) is 2.86. The number of aromatic nitrogens is 1. The van der Waals surface area contributed by atoms with Crippen LogP contribution in [0.4, 0.5) is 0 Å². The first-order chi connectivity index (χ1) is 13.7. The Labute approximate surface area is 169 Å². The van der Waals surface area contributed by atoms with E-state index < -0.39 is 0 Å². The third kappa shape index (κ3) is 5.41. The summed E-state index contributed by atoms with van der Waals surface area (Å²) >= 11 is 1.52. The molecule has 0 atom stereocenters. The van der Waals surface area contributed by atoms with Crippen molar-refractivity contribution >= 4 is 17.2 Å². The molecule has 1 aromatic heterocycles. The highest BCUT2D eigenvalue weighted by molar-refractivity contribution is 7.13. The second-order valence-corrected chi connectivity index (χ2v) is 7.16. The third-order valence-corrected chi connectivity index (χ3v) is 5.18. The van der Waals surface area contributed by atoms with Gasteiger partial charge in [-0.3, -0.25) is 4.79 Å². The molecule has 0 saturated carbocycles. The van der Waals surface area contributed by atoms with Gasteiger partial charge in [0.05, 0.1) is 25.3 Å². The lowest BCUT2D eigenvalue weighted by atomic mass is 10.2. The highest BCUT2D eigenvalue weighted by atomic mass is 32.1. The molecule has 1 N–H and O–H groups in total. The Kier molecular flexibility index (Phi) is 7.17. The molecule has 0 aliphatic rings. The third-order valence-electron chi connectivity index (χ3n) is 4.24. The van der Waals surface area contributed by atoms with Crippen molar-refractivity contribution in [2.24, 2.45) is 0 Å². The van der Waals surface area contributed by atoms with Crippen molar-refractivity contribution in [2.75, 3.05) is 19.8 Å². The molecule has 5 nitrogen and oxygen atoms in total. The molecule has 0 aliphatic carbocycles. The largest absolute Gasteiger partial charge is 0.494 e. The molecule has 0 unspecified atom stereocenters. The standard InChI is InChI=1S/C22H24N2O3S/c1-2-27-20-10-8-18(9-11-20)22-23-19(16-28-22)14-21(26)24(12-13-25)15-17-6-4-3-5-7-17/h3-11,16,25H,2,12-15H2,1H3. The van der Waals surface area contributed by atoms with Crippen LogP contribution in [0.5, 0.6) is 5.75 Å². The second kappa shape index (κ2) is 10.0. The molecular weight excluding hydrogens is 372 g/mol. The molecule has 0 radical (unpaired) electrons. The monoisotopic (exact) mass is 396 g/mol. The molecule has 0 bridgehead atoms. The van der Waals surface area contributed by atoms with Gasteiger partial charge in [0, 0.05) is 24.0 Å². The number of aliphatic hydroxyl groups excluding tert-OH is 1. The fraction of sp³-hybridized carbons (Fsp3) is 0.273. The molecule has 146 valence electrons. The Morgan fingerprint density at radius 1 is 1.14 bits per heavy atom. The van der Waals surface area contributed by atoms with Crippen LogP contribution in [-0.4, -0.2) is 40.7 Å². The minimum Gasteiger partial charge on any atom is -0.494 e. The van der Waals surface area contributed by atoms with Crippen molar-refractivity contribution < 1.29 is 14.6 Å². The zero-order valence-corrected chi connectivity index (χ0v) is 16.7. The molecule has 2 aromatic carbocycles. The summed E-state index contributed by atoms with van der Waals surface area (Å²) in [6.07, 6.45) is 0.223. The fourth-order valence-corrected chi connectivity index (χ4v) is 3.69. The van der Waals surface area contributed by atoms with Gasteiger partial charge in [-0.05, 0) is 36.8 Å². The molecule has 6 heteroatoms. The van der Waals surface area contributed by atoms with E-state index in [1.54, 1.807) is 4.90 Å². The van der Waals surface area contributed by atoms with Gasteiger partial charge in [-0.2, -0.15) is 0 Å². The molecular formula is C22H24N2O3S. The van der Waals surface area contributed by atoms with Crippen LogP contribution in [-0.2, 0) is 17.8 Å². The first-order valence-electron chi connectivity index (χ1n) is 9.29. The molecule has 0 saturated heterocycles. The predicted molar refractivity (Wildman–Crippen MR) is 111 cm³/mol. The number of carbonyl (C=O) groups excluding carboxylic acids is 1. The van der Waals surface area contributed by atoms with Crippen molar-refractivity contribution in [2.45, 2.75) is 19.9 Å². The van der Waals surface area contributed by atoms with Gasteiger partial charge in [-0.15, -0.1) is 11.3 Å². The lowest BCUT2D eigenvalue weighted by Crippen LogP contribution is -2.34. The molecule has 0 fully saturated rings. The van der Waals surface area contributed by atoms with E-state index in [1.165, 1.54) is 11.3 Å². The van der Waals surface area contributed by atoms with E-state index in [9.17, 15) is 9.90 Å². The Morgan fingerprint density at radius 2 is 1.89 bits per heavy atom. The summed E-state index contributed by atoms with van der Waals surface area (Å²) in [7, 11) is 0. The number of carbonyl (C=O) groups is 1. The molecule has 28 heavy (non-hydrogen) atoms. The van der Waals surface area contributed by atoms with Gasteiger partial charge in [-0.25, -0.2) is 4.98 Å². The summed E-state index contributed by atoms with van der Waals surface area (Å²) in [5, 5.41) is 12.1. The van der Waals surface area contributed by atoms with Gasteiger partial charge >= 0.3 is 0 Å². The van der Waals surface area contributed by atoms with E-state index in [4.69, 9.17) is 4.74 Å². The van der Waals surface area contributed by atoms with Crippen LogP contribution in [0, 0.1) is 0 Å². The van der Waals surface area contributed by atoms with E-state index in [-0.39, 0.29) is 18.9 Å². The van der Waals surface area contributed by atoms with Gasteiger partial charge in [0.2, 0.25) is 5.91 Å². The SMILES string of the molecule is CCOc1ccc(-c2nc(CC(=O)N(CCO)Cc3ccccc3)cs2)cc1. The van der Waals surface area contributed by atoms with Gasteiger partial charge < -0.3 is 14.7 Å². The number of rotatable bonds is 9. The van der Waals surface area contributed by atoms with Crippen molar-refractivity contribution in [3.05, 3.63) is 71.2 Å². The van der Waals surface area contributed by atoms with Crippen molar-refractivity contribution in [1.29, 1.82) is 0 Å². The topological polar surface area (TPSA) is 62.7 Å². The van der Waals surface area contributed by atoms with Crippen molar-refractivity contribution in [1.82, 2.24) is 9.88 Å². The number of hydrogen-bond acceptors (Lipinski definition) is 5. The van der Waals surface area contributed by atoms with Crippen LogP contribution >= 0.6 is 11.3 Å². The maximum Gasteiger partial charge on any atom is 0.228 e. The predicted octanol–water partition coefficient (Wildman–Crippen LogP) is 3.77. The number of nitrogens with zero attached hydrogens (tertiary/aromatic N) is 2. The van der Waals surface area contributed by atoms with E-state index in [0.717, 1.165) is 27.6 Å². The summed E-state index contributed by atoms with van der Waals surface area (Å²) in [5.41, 5.74) is 2.79. The van der Waals surface area contributed by atoms with Crippen LogP contribution in [0.15, 0.2) is 60.0 Å². The van der Waals surface area contributed by atoms with E-state index in [1.807, 2.05) is 66.9 Å². The van der Waals surface area contributed by atoms with Gasteiger partial charge in [0.1, 0.15) is 10.8 Å². The number of ether oxygens (including phenoxy) is 1. The minimum absolute atomic E-state index is 0.0403. The van der Waals surface area contributed by atoms with Crippen LogP contribution < -0.4 is 4.74 Å². The zero-order chi connectivity index (χ0) is 19.8. The van der Waals surface area contributed by atoms with Crippen molar-refractivity contribution in [3.8, 4) is 16.3 Å². The van der Waals surface area contributed by atoms with Crippen LogP contribution in [0.25, 0.3) is 10.6 Å². The normalized spacial score (nSPS) is 10.6. The van der Waals surface area contributed by atoms with E-state index >= 15 is 0 Å². The Hall–Kier alpha value is -2.70. The van der Waals surface area contributed by atoms with Crippen molar-refractivity contribution in [3.63, 3.8) is 0 Å². The number of hydrogen-bond donors (Lipinski definition) is 1. The average molecular weight is 397 g/mol. The second-order valence-electron chi connectivity index (χ2n) is 6.30. The molecule has 0 aliphatic heterocycles. The zero-order valence-electron chi connectivity index (χ0n) is 15.9. The smallest absolute Gasteiger partial charge is 0.228 e. The molecule has 1 amide bonds. The number of thiazole rings is 1. The first-order valence-corrected chi connectivity index (χ1v) is 10.2. The van der Waals surface area contributed by atoms with Gasteiger partial charge in [0.25, 0.3) is 0 Å². The molecule has 3 aromatic rings. The Morgan fingerprint density at radius 3 is 2.57 bits per heavy atom. The highest BCUT2D eigenvalue weighted by Crippen LogP contribution is 2.26. The summed E-state index contributed by atoms with van der Waals surface area (Å²) in [6.45, 7) is 3.32. The summed E-state index contributed by atoms with van der Waals surface area (Å²) in [4.78, 5) is 19.0. The van der Waals surface area contributed by atoms with Crippen LogP contribution in [0.2, 0.25) is 0 Å². The van der Waals surface area contributed by atoms with Crippen LogP contribution in [0.3, 0.4) is 0 Å². The van der Waals surface area contributed by atoms with E-state index in [2.05, 4.69) is 4.98 Å². The molecule has 0 spiro atoms. The van der Waals surface area contributed by atoms with Gasteiger partial charge in [0.15, 0.2) is 0 Å². The highest BCUT2D eigenvalue weighted by Gasteiger charge is 2.16. The number of aliphatic hydroxyl groups is 1. The number of benzene rings is 2. The maximum atomic E-state index is 12.7. The first kappa shape index (κ1) is 20.0. The lowest BCUT2D eigenvalue weighted by molar-refractivity contribution is -0.131. The molecule has 3 rings (SSSR count). The average Bonchev–Trinajstić information content (AvgIpc) is 3.18. The van der Waals surface area contributed by atoms with Crippen LogP contribution in [0.1, 0.15) is 18.2 Å². The number of amides is 1. The minimum atomic E-state index is -0.0624. The molecule has 1 heterocycles. The van der Waals surface area contributed by atoms with E-state index in [0.29, 0.717) is 19.7 Å². The van der Waals surface area contributed by atoms with Gasteiger partial charge in [-0.1, -0.05) is 30.3 Å². The Bertz CT molecular complexity index is 878.